The predicted molar refractivity (Wildman–Crippen MR) is 74.3 cm³/mol. The molecule has 0 bridgehead atoms. The molecule has 1 saturated carbocycles. The van der Waals surface area contributed by atoms with Crippen LogP contribution in [0.3, 0.4) is 0 Å². The second-order valence-corrected chi connectivity index (χ2v) is 6.12. The van der Waals surface area contributed by atoms with Crippen LogP contribution in [0.5, 0.6) is 0 Å². The SMILES string of the molecule is CCN1CCCC(C(C)NCCC2CCC2)C1. The summed E-state index contributed by atoms with van der Waals surface area (Å²) < 4.78 is 0. The molecular weight excluding hydrogens is 208 g/mol. The van der Waals surface area contributed by atoms with Crippen LogP contribution in [0.4, 0.5) is 0 Å². The first-order chi connectivity index (χ1) is 8.29. The van der Waals surface area contributed by atoms with E-state index in [0.717, 1.165) is 11.8 Å². The first-order valence-corrected chi connectivity index (χ1v) is 7.75. The molecule has 1 saturated heterocycles. The minimum Gasteiger partial charge on any atom is -0.314 e. The molecule has 2 rings (SSSR count). The Bertz CT molecular complexity index is 213. The van der Waals surface area contributed by atoms with Gasteiger partial charge in [0.2, 0.25) is 0 Å². The fourth-order valence-electron chi connectivity index (χ4n) is 3.25. The summed E-state index contributed by atoms with van der Waals surface area (Å²) >= 11 is 0. The molecule has 0 aromatic rings. The third-order valence-corrected chi connectivity index (χ3v) is 4.94. The minimum atomic E-state index is 0.712. The molecule has 2 aliphatic rings. The van der Waals surface area contributed by atoms with Crippen LogP contribution in [-0.4, -0.2) is 37.1 Å². The van der Waals surface area contributed by atoms with Gasteiger partial charge in [0.1, 0.15) is 0 Å². The highest BCUT2D eigenvalue weighted by Crippen LogP contribution is 2.29. The molecule has 1 heterocycles. The van der Waals surface area contributed by atoms with Crippen LogP contribution in [0, 0.1) is 11.8 Å². The molecule has 2 nitrogen and oxygen atoms in total. The van der Waals surface area contributed by atoms with Gasteiger partial charge >= 0.3 is 0 Å². The van der Waals surface area contributed by atoms with Crippen molar-refractivity contribution >= 4 is 0 Å². The summed E-state index contributed by atoms with van der Waals surface area (Å²) in [4.78, 5) is 2.61. The normalized spacial score (nSPS) is 28.9. The van der Waals surface area contributed by atoms with Gasteiger partial charge in [-0.2, -0.15) is 0 Å². The Morgan fingerprint density at radius 3 is 2.71 bits per heavy atom. The third kappa shape index (κ3) is 3.96. The zero-order valence-electron chi connectivity index (χ0n) is 11.8. The van der Waals surface area contributed by atoms with E-state index in [1.54, 1.807) is 0 Å². The number of rotatable bonds is 6. The molecule has 0 aromatic heterocycles. The Balaban J connectivity index is 1.62. The molecule has 1 aliphatic heterocycles. The Hall–Kier alpha value is -0.0800. The highest BCUT2D eigenvalue weighted by atomic mass is 15.1. The molecule has 2 heteroatoms. The van der Waals surface area contributed by atoms with E-state index < -0.39 is 0 Å². The number of nitrogens with one attached hydrogen (secondary N) is 1. The Morgan fingerprint density at radius 1 is 1.24 bits per heavy atom. The van der Waals surface area contributed by atoms with Gasteiger partial charge in [0.25, 0.3) is 0 Å². The lowest BCUT2D eigenvalue weighted by atomic mass is 9.83. The average molecular weight is 238 g/mol. The standard InChI is InChI=1S/C15H30N2/c1-3-17-11-5-8-15(12-17)13(2)16-10-9-14-6-4-7-14/h13-16H,3-12H2,1-2H3. The number of piperidine rings is 1. The number of nitrogens with zero attached hydrogens (tertiary/aromatic N) is 1. The van der Waals surface area contributed by atoms with Gasteiger partial charge in [0.15, 0.2) is 0 Å². The van der Waals surface area contributed by atoms with Crippen LogP contribution >= 0.6 is 0 Å². The molecule has 2 fully saturated rings. The maximum atomic E-state index is 3.77. The Morgan fingerprint density at radius 2 is 2.06 bits per heavy atom. The average Bonchev–Trinajstić information content (AvgIpc) is 2.32. The van der Waals surface area contributed by atoms with Gasteiger partial charge in [-0.3, -0.25) is 0 Å². The molecule has 1 aliphatic carbocycles. The van der Waals surface area contributed by atoms with Crippen molar-refractivity contribution in [2.45, 2.75) is 58.4 Å². The lowest BCUT2D eigenvalue weighted by molar-refractivity contribution is 0.155. The van der Waals surface area contributed by atoms with Crippen LogP contribution in [0.15, 0.2) is 0 Å². The van der Waals surface area contributed by atoms with Crippen LogP contribution in [0.25, 0.3) is 0 Å². The summed E-state index contributed by atoms with van der Waals surface area (Å²) in [5.41, 5.74) is 0. The largest absolute Gasteiger partial charge is 0.314 e. The maximum Gasteiger partial charge on any atom is 0.00792 e. The van der Waals surface area contributed by atoms with Crippen LogP contribution in [-0.2, 0) is 0 Å². The van der Waals surface area contributed by atoms with Crippen LogP contribution in [0.1, 0.15) is 52.4 Å². The Kier molecular flexibility index (Phi) is 5.30. The fraction of sp³-hybridized carbons (Fsp3) is 1.00. The predicted octanol–water partition coefficient (Wildman–Crippen LogP) is 2.89. The summed E-state index contributed by atoms with van der Waals surface area (Å²) in [5, 5.41) is 3.77. The lowest BCUT2D eigenvalue weighted by Crippen LogP contribution is -2.44. The highest BCUT2D eigenvalue weighted by molar-refractivity contribution is 4.80. The van der Waals surface area contributed by atoms with Gasteiger partial charge in [0, 0.05) is 12.6 Å². The molecule has 17 heavy (non-hydrogen) atoms. The number of hydrogen-bond acceptors (Lipinski definition) is 2. The van der Waals surface area contributed by atoms with Crippen LogP contribution < -0.4 is 5.32 Å². The molecule has 0 radical (unpaired) electrons. The second-order valence-electron chi connectivity index (χ2n) is 6.12. The monoisotopic (exact) mass is 238 g/mol. The molecule has 2 atom stereocenters. The van der Waals surface area contributed by atoms with Crippen molar-refractivity contribution in [3.05, 3.63) is 0 Å². The summed E-state index contributed by atoms with van der Waals surface area (Å²) in [6.07, 6.45) is 8.69. The molecule has 0 spiro atoms. The molecular formula is C15H30N2. The van der Waals surface area contributed by atoms with Crippen molar-refractivity contribution in [1.29, 1.82) is 0 Å². The van der Waals surface area contributed by atoms with Gasteiger partial charge in [-0.1, -0.05) is 26.2 Å². The summed E-state index contributed by atoms with van der Waals surface area (Å²) in [6.45, 7) is 9.79. The first kappa shape index (κ1) is 13.4. The molecule has 100 valence electrons. The summed E-state index contributed by atoms with van der Waals surface area (Å²) in [7, 11) is 0. The zero-order chi connectivity index (χ0) is 12.1. The van der Waals surface area contributed by atoms with Crippen molar-refractivity contribution in [2.24, 2.45) is 11.8 Å². The summed E-state index contributed by atoms with van der Waals surface area (Å²) in [6, 6.07) is 0.712. The smallest absolute Gasteiger partial charge is 0.00792 e. The highest BCUT2D eigenvalue weighted by Gasteiger charge is 2.24. The number of likely N-dealkylation sites (tertiary alicyclic amines) is 1. The van der Waals surface area contributed by atoms with Crippen molar-refractivity contribution in [1.82, 2.24) is 10.2 Å². The summed E-state index contributed by atoms with van der Waals surface area (Å²) in [5.74, 6) is 1.93. The van der Waals surface area contributed by atoms with Crippen molar-refractivity contribution in [3.63, 3.8) is 0 Å². The van der Waals surface area contributed by atoms with E-state index in [1.807, 2.05) is 0 Å². The molecule has 1 N–H and O–H groups in total. The van der Waals surface area contributed by atoms with E-state index in [1.165, 1.54) is 64.7 Å². The van der Waals surface area contributed by atoms with Crippen molar-refractivity contribution in [3.8, 4) is 0 Å². The Labute approximate surface area is 107 Å². The zero-order valence-corrected chi connectivity index (χ0v) is 11.8. The van der Waals surface area contributed by atoms with Gasteiger partial charge < -0.3 is 10.2 Å². The van der Waals surface area contributed by atoms with Gasteiger partial charge in [-0.25, -0.2) is 0 Å². The number of hydrogen-bond donors (Lipinski definition) is 1. The maximum absolute atomic E-state index is 3.77. The van der Waals surface area contributed by atoms with Crippen molar-refractivity contribution < 1.29 is 0 Å². The topological polar surface area (TPSA) is 15.3 Å². The van der Waals surface area contributed by atoms with Gasteiger partial charge in [0.05, 0.1) is 0 Å². The fourth-order valence-corrected chi connectivity index (χ4v) is 3.25. The van der Waals surface area contributed by atoms with Crippen molar-refractivity contribution in [2.75, 3.05) is 26.2 Å². The van der Waals surface area contributed by atoms with E-state index in [0.29, 0.717) is 6.04 Å². The van der Waals surface area contributed by atoms with E-state index in [9.17, 15) is 0 Å². The quantitative estimate of drug-likeness (QED) is 0.765. The minimum absolute atomic E-state index is 0.712. The van der Waals surface area contributed by atoms with Gasteiger partial charge in [-0.05, 0) is 57.7 Å². The lowest BCUT2D eigenvalue weighted by Gasteiger charge is -2.36. The van der Waals surface area contributed by atoms with E-state index in [2.05, 4.69) is 24.1 Å². The molecule has 0 aromatic carbocycles. The molecule has 2 unspecified atom stereocenters. The first-order valence-electron chi connectivity index (χ1n) is 7.75. The van der Waals surface area contributed by atoms with Crippen LogP contribution in [0.2, 0.25) is 0 Å². The molecule has 0 amide bonds. The second kappa shape index (κ2) is 6.75. The van der Waals surface area contributed by atoms with E-state index in [4.69, 9.17) is 0 Å². The van der Waals surface area contributed by atoms with Gasteiger partial charge in [-0.15, -0.1) is 0 Å². The van der Waals surface area contributed by atoms with E-state index in [-0.39, 0.29) is 0 Å². The third-order valence-electron chi connectivity index (χ3n) is 4.94. The van der Waals surface area contributed by atoms with E-state index >= 15 is 0 Å².